The number of benzene rings is 3. The Morgan fingerprint density at radius 3 is 2.39 bits per heavy atom. The zero-order valence-corrected chi connectivity index (χ0v) is 36.9. The van der Waals surface area contributed by atoms with Crippen molar-refractivity contribution in [2.75, 3.05) is 40.6 Å². The third kappa shape index (κ3) is 8.79. The molecule has 3 saturated heterocycles. The summed E-state index contributed by atoms with van der Waals surface area (Å²) >= 11 is 1.18. The number of hydrogen-bond donors (Lipinski definition) is 2. The van der Waals surface area contributed by atoms with Gasteiger partial charge < -0.3 is 33.9 Å². The van der Waals surface area contributed by atoms with Crippen molar-refractivity contribution < 1.29 is 46.9 Å². The van der Waals surface area contributed by atoms with Crippen molar-refractivity contribution in [3.05, 3.63) is 101 Å². The van der Waals surface area contributed by atoms with Gasteiger partial charge in [-0.15, -0.1) is 11.3 Å². The number of likely N-dealkylation sites (tertiary alicyclic amines) is 1. The van der Waals surface area contributed by atoms with Gasteiger partial charge in [0.2, 0.25) is 17.7 Å². The molecular weight excluding hydrogens is 835 g/mol. The fourth-order valence-electron chi connectivity index (χ4n) is 9.72. The van der Waals surface area contributed by atoms with Gasteiger partial charge in [0.05, 0.1) is 18.1 Å². The average molecular weight is 889 g/mol. The van der Waals surface area contributed by atoms with Crippen LogP contribution in [0.25, 0.3) is 10.1 Å². The van der Waals surface area contributed by atoms with Crippen molar-refractivity contribution in [1.82, 2.24) is 20.2 Å². The van der Waals surface area contributed by atoms with Crippen LogP contribution in [0.2, 0.25) is 0 Å². The summed E-state index contributed by atoms with van der Waals surface area (Å²) in [5, 5.41) is 6.09. The van der Waals surface area contributed by atoms with Crippen LogP contribution in [0, 0.1) is 5.92 Å². The van der Waals surface area contributed by atoms with Gasteiger partial charge in [0.15, 0.2) is 0 Å². The highest BCUT2D eigenvalue weighted by atomic mass is 32.1. The summed E-state index contributed by atoms with van der Waals surface area (Å²) in [6, 6.07) is 21.9. The van der Waals surface area contributed by atoms with Gasteiger partial charge in [0.25, 0.3) is 5.91 Å². The lowest BCUT2D eigenvalue weighted by Gasteiger charge is -2.35. The number of thiophene rings is 1. The second-order valence-corrected chi connectivity index (χ2v) is 20.0. The quantitative estimate of drug-likeness (QED) is 0.0663. The Labute approximate surface area is 365 Å². The molecule has 3 aliphatic heterocycles. The van der Waals surface area contributed by atoms with Crippen LogP contribution < -0.4 is 14.9 Å². The first-order chi connectivity index (χ1) is 30.0. The van der Waals surface area contributed by atoms with Gasteiger partial charge in [-0.25, -0.2) is 9.48 Å². The topological polar surface area (TPSA) is 153 Å². The van der Waals surface area contributed by atoms with E-state index < -0.39 is 43.4 Å². The number of amides is 3. The van der Waals surface area contributed by atoms with E-state index in [2.05, 4.69) is 34.4 Å². The highest BCUT2D eigenvalue weighted by molar-refractivity contribution is 7.57. The number of methoxy groups -OCH3 is 2. The van der Waals surface area contributed by atoms with Gasteiger partial charge in [0, 0.05) is 43.0 Å². The lowest BCUT2D eigenvalue weighted by atomic mass is 9.85. The molecule has 4 aromatic rings. The number of esters is 1. The van der Waals surface area contributed by atoms with E-state index in [1.807, 2.05) is 18.2 Å². The highest BCUT2D eigenvalue weighted by Crippen LogP contribution is 2.59. The second-order valence-electron chi connectivity index (χ2n) is 16.9. The third-order valence-corrected chi connectivity index (χ3v) is 16.3. The summed E-state index contributed by atoms with van der Waals surface area (Å²) in [5.74, 6) is -3.08. The maximum absolute atomic E-state index is 16.8. The molecule has 2 unspecified atom stereocenters. The molecule has 0 bridgehead atoms. The fourth-order valence-corrected chi connectivity index (χ4v) is 12.5. The van der Waals surface area contributed by atoms with Crippen LogP contribution in [0.3, 0.4) is 0 Å². The maximum Gasteiger partial charge on any atom is 0.355 e. The molecule has 1 saturated carbocycles. The average Bonchev–Trinajstić information content (AvgIpc) is 3.70. The summed E-state index contributed by atoms with van der Waals surface area (Å²) in [4.78, 5) is 60.0. The molecule has 8 atom stereocenters. The van der Waals surface area contributed by atoms with Crippen LogP contribution in [0.1, 0.15) is 84.5 Å². The zero-order valence-electron chi connectivity index (χ0n) is 35.2. The Hall–Kier alpha value is -4.66. The SMILES string of the molecule is COCCOC(=O)[C@H](COC)NP(=O)(Oc1ccccc1)[C@H](F)c1ccc2sc(C(=O)NC3CCC[C@H]4CC[C@@H](C(=O)N5C[C@H](c6ccccc6)[C@@H](C)C56CC6)N4C3=O)cc2c1. The molecule has 330 valence electrons. The molecular formula is C46H54FN4O9PS. The minimum Gasteiger partial charge on any atom is -0.462 e. The number of carbonyl (C=O) groups excluding carboxylic acids is 4. The Bertz CT molecular complexity index is 2310. The summed E-state index contributed by atoms with van der Waals surface area (Å²) in [6.45, 7) is 2.66. The summed E-state index contributed by atoms with van der Waals surface area (Å²) < 4.78 is 53.2. The number of nitrogens with zero attached hydrogens (tertiary/aromatic N) is 2. The lowest BCUT2D eigenvalue weighted by molar-refractivity contribution is -0.148. The number of halogens is 1. The van der Waals surface area contributed by atoms with Crippen LogP contribution >= 0.6 is 18.9 Å². The minimum absolute atomic E-state index is 0.0110. The predicted molar refractivity (Wildman–Crippen MR) is 233 cm³/mol. The first-order valence-corrected chi connectivity index (χ1v) is 23.9. The Kier molecular flexibility index (Phi) is 13.2. The molecule has 1 aromatic heterocycles. The molecule has 1 aliphatic carbocycles. The van der Waals surface area contributed by atoms with E-state index in [1.165, 1.54) is 55.4 Å². The molecule has 16 heteroatoms. The molecule has 0 radical (unpaired) electrons. The Morgan fingerprint density at radius 1 is 0.935 bits per heavy atom. The van der Waals surface area contributed by atoms with Gasteiger partial charge in [-0.3, -0.25) is 23.7 Å². The van der Waals surface area contributed by atoms with E-state index in [4.69, 9.17) is 18.7 Å². The van der Waals surface area contributed by atoms with Crippen LogP contribution in [-0.4, -0.2) is 104 Å². The van der Waals surface area contributed by atoms with Crippen LogP contribution in [0.5, 0.6) is 5.75 Å². The Balaban J connectivity index is 0.980. The number of nitrogens with one attached hydrogen (secondary N) is 2. The predicted octanol–water partition coefficient (Wildman–Crippen LogP) is 7.37. The third-order valence-electron chi connectivity index (χ3n) is 13.1. The van der Waals surface area contributed by atoms with Crippen LogP contribution in [0.15, 0.2) is 84.9 Å². The lowest BCUT2D eigenvalue weighted by Crippen LogP contribution is -2.56. The smallest absolute Gasteiger partial charge is 0.355 e. The van der Waals surface area contributed by atoms with Crippen molar-refractivity contribution >= 4 is 52.6 Å². The normalized spacial score (nSPS) is 24.8. The van der Waals surface area contributed by atoms with Gasteiger partial charge >= 0.3 is 13.5 Å². The summed E-state index contributed by atoms with van der Waals surface area (Å²) in [6.07, 6.45) is 5.22. The molecule has 3 amide bonds. The number of fused-ring (bicyclic) bond motifs is 2. The maximum atomic E-state index is 16.8. The number of alkyl halides is 1. The Morgan fingerprint density at radius 2 is 1.68 bits per heavy atom. The standard InChI is InChI=1S/C46H54FN4O9PS/c1-29-35(30-11-6-4-7-12-30)27-50(46(29)21-22-46)44(54)38-19-18-33-13-10-16-36(43(53)51(33)38)48-42(52)40-26-32-25-31(17-20-39(32)62-40)41(47)61(56,60-34-14-8-5-9-15-34)49-37(28-58-3)45(55)59-24-23-57-2/h4-9,11-12,14-15,17,20,25-26,29,33,35-38,41H,10,13,16,18-19,21-24,27-28H2,1-3H3,(H,48,52)(H,49,56)/t29-,33+,35+,36?,37+,38+,41+,61?/m1/s1. The minimum atomic E-state index is -4.59. The van der Waals surface area contributed by atoms with Crippen molar-refractivity contribution in [3.63, 3.8) is 0 Å². The van der Waals surface area contributed by atoms with Crippen LogP contribution in [0.4, 0.5) is 4.39 Å². The molecule has 62 heavy (non-hydrogen) atoms. The molecule has 2 N–H and O–H groups in total. The number of carbonyl (C=O) groups is 4. The van der Waals surface area contributed by atoms with Gasteiger partial charge in [0.1, 0.15) is 30.5 Å². The van der Waals surface area contributed by atoms with E-state index >= 15 is 4.39 Å². The first-order valence-electron chi connectivity index (χ1n) is 21.4. The molecule has 4 fully saturated rings. The number of rotatable bonds is 16. The van der Waals surface area contributed by atoms with E-state index in [-0.39, 0.29) is 60.4 Å². The van der Waals surface area contributed by atoms with Crippen molar-refractivity contribution in [3.8, 4) is 5.75 Å². The van der Waals surface area contributed by atoms with Crippen molar-refractivity contribution in [2.24, 2.45) is 5.92 Å². The van der Waals surface area contributed by atoms with E-state index in [0.717, 1.165) is 32.1 Å². The molecule has 4 aliphatic rings. The largest absolute Gasteiger partial charge is 0.462 e. The fraction of sp³-hybridized carbons (Fsp3) is 0.478. The molecule has 1 spiro atoms. The summed E-state index contributed by atoms with van der Waals surface area (Å²) in [5.41, 5.74) is 1.05. The van der Waals surface area contributed by atoms with E-state index in [1.54, 1.807) is 35.2 Å². The monoisotopic (exact) mass is 888 g/mol. The van der Waals surface area contributed by atoms with Gasteiger partial charge in [-0.2, -0.15) is 0 Å². The second kappa shape index (κ2) is 18.6. The molecule has 3 aromatic carbocycles. The first kappa shape index (κ1) is 44.0. The van der Waals surface area contributed by atoms with Crippen LogP contribution in [-0.2, 0) is 33.2 Å². The highest BCUT2D eigenvalue weighted by Gasteiger charge is 2.62. The van der Waals surface area contributed by atoms with E-state index in [0.29, 0.717) is 40.3 Å². The summed E-state index contributed by atoms with van der Waals surface area (Å²) in [7, 11) is -1.79. The van der Waals surface area contributed by atoms with Gasteiger partial charge in [-0.05, 0) is 97.7 Å². The van der Waals surface area contributed by atoms with Gasteiger partial charge in [-0.1, -0.05) is 61.5 Å². The molecule has 8 rings (SSSR count). The number of hydrogen-bond acceptors (Lipinski definition) is 10. The number of para-hydroxylation sites is 1. The number of ether oxygens (including phenoxy) is 3. The van der Waals surface area contributed by atoms with Crippen molar-refractivity contribution in [2.45, 2.75) is 93.4 Å². The van der Waals surface area contributed by atoms with Crippen molar-refractivity contribution in [1.29, 1.82) is 0 Å². The molecule has 4 heterocycles. The molecule has 13 nitrogen and oxygen atoms in total. The van der Waals surface area contributed by atoms with E-state index in [9.17, 15) is 23.7 Å². The zero-order chi connectivity index (χ0) is 43.6.